The number of hydrogen-bond donors (Lipinski definition) is 1. The molecule has 3 fully saturated rings. The molecule has 0 unspecified atom stereocenters. The number of methoxy groups -OCH3 is 1. The molecule has 1 aromatic rings. The molecular weight excluding hydrogens is 376 g/mol. The average molecular weight is 409 g/mol. The van der Waals surface area contributed by atoms with Gasteiger partial charge in [-0.15, -0.1) is 0 Å². The third-order valence-electron chi connectivity index (χ3n) is 6.60. The highest BCUT2D eigenvalue weighted by molar-refractivity contribution is 7.86. The van der Waals surface area contributed by atoms with Crippen LogP contribution in [-0.2, 0) is 14.9 Å². The van der Waals surface area contributed by atoms with Gasteiger partial charge in [0.1, 0.15) is 5.82 Å². The van der Waals surface area contributed by atoms with Crippen LogP contribution in [0.4, 0.5) is 5.82 Å². The van der Waals surface area contributed by atoms with Crippen molar-refractivity contribution in [2.45, 2.75) is 50.7 Å². The van der Waals surface area contributed by atoms with Crippen molar-refractivity contribution in [3.63, 3.8) is 0 Å². The van der Waals surface area contributed by atoms with Gasteiger partial charge in [-0.2, -0.15) is 17.0 Å². The maximum Gasteiger partial charge on any atom is 0.281 e. The number of nitrogens with zero attached hydrogens (tertiary/aromatic N) is 3. The molecule has 8 heteroatoms. The second-order valence-corrected chi connectivity index (χ2v) is 10.3. The molecule has 0 radical (unpaired) electrons. The highest BCUT2D eigenvalue weighted by atomic mass is 32.2. The van der Waals surface area contributed by atoms with Gasteiger partial charge in [0, 0.05) is 39.5 Å². The van der Waals surface area contributed by atoms with Gasteiger partial charge in [-0.05, 0) is 49.7 Å². The van der Waals surface area contributed by atoms with Gasteiger partial charge >= 0.3 is 0 Å². The lowest BCUT2D eigenvalue weighted by Gasteiger charge is -2.37. The van der Waals surface area contributed by atoms with Gasteiger partial charge < -0.3 is 10.1 Å². The minimum Gasteiger partial charge on any atom is -0.379 e. The Kier molecular flexibility index (Phi) is 6.20. The molecule has 2 saturated heterocycles. The van der Waals surface area contributed by atoms with Gasteiger partial charge in [-0.3, -0.25) is 0 Å². The maximum absolute atomic E-state index is 13.2. The smallest absolute Gasteiger partial charge is 0.281 e. The van der Waals surface area contributed by atoms with Gasteiger partial charge in [0.05, 0.1) is 12.1 Å². The lowest BCUT2D eigenvalue weighted by Crippen LogP contribution is -2.44. The van der Waals surface area contributed by atoms with E-state index in [1.807, 2.05) is 18.2 Å². The Morgan fingerprint density at radius 2 is 1.75 bits per heavy atom. The topological polar surface area (TPSA) is 74.8 Å². The predicted molar refractivity (Wildman–Crippen MR) is 109 cm³/mol. The van der Waals surface area contributed by atoms with Crippen LogP contribution in [-0.4, -0.2) is 67.4 Å². The number of nitrogens with one attached hydrogen (secondary N) is 1. The molecule has 4 atom stereocenters. The van der Waals surface area contributed by atoms with Gasteiger partial charge in [-0.1, -0.05) is 18.9 Å². The normalized spacial score (nSPS) is 32.6. The number of anilines is 1. The Morgan fingerprint density at radius 1 is 1.04 bits per heavy atom. The maximum atomic E-state index is 13.2. The first-order valence-electron chi connectivity index (χ1n) is 10.5. The Labute approximate surface area is 168 Å². The standard InChI is InChI=1S/C20H32N4O3S/c1-27-19-13-17-15-24(28(25,26)23-10-6-2-3-7-11-23)14-16(17)12-18(19)22-20-8-4-5-9-21-20/h4-5,8-9,16-19H,2-3,6-7,10-15H2,1H3,(H,21,22)/t16-,17+,18-,19-/m1/s1. The van der Waals surface area contributed by atoms with Crippen molar-refractivity contribution in [1.29, 1.82) is 0 Å². The minimum atomic E-state index is -3.35. The first-order valence-corrected chi connectivity index (χ1v) is 11.9. The molecule has 156 valence electrons. The van der Waals surface area contributed by atoms with Crippen LogP contribution in [0.2, 0.25) is 0 Å². The van der Waals surface area contributed by atoms with E-state index in [4.69, 9.17) is 4.74 Å². The Hall–Kier alpha value is -1.22. The summed E-state index contributed by atoms with van der Waals surface area (Å²) in [5.41, 5.74) is 0. The number of ether oxygens (including phenoxy) is 1. The van der Waals surface area contributed by atoms with E-state index in [-0.39, 0.29) is 12.1 Å². The molecule has 0 spiro atoms. The number of pyridine rings is 1. The van der Waals surface area contributed by atoms with E-state index in [0.717, 1.165) is 44.3 Å². The summed E-state index contributed by atoms with van der Waals surface area (Å²) in [7, 11) is -1.60. The molecule has 28 heavy (non-hydrogen) atoms. The Bertz CT molecular complexity index is 737. The molecule has 3 aliphatic rings. The second kappa shape index (κ2) is 8.65. The van der Waals surface area contributed by atoms with Crippen LogP contribution >= 0.6 is 0 Å². The largest absolute Gasteiger partial charge is 0.379 e. The van der Waals surface area contributed by atoms with Crippen molar-refractivity contribution >= 4 is 16.0 Å². The molecule has 4 rings (SSSR count). The van der Waals surface area contributed by atoms with E-state index in [1.165, 1.54) is 0 Å². The van der Waals surface area contributed by atoms with Crippen molar-refractivity contribution in [3.05, 3.63) is 24.4 Å². The van der Waals surface area contributed by atoms with E-state index in [2.05, 4.69) is 10.3 Å². The van der Waals surface area contributed by atoms with Crippen molar-refractivity contribution in [1.82, 2.24) is 13.6 Å². The Morgan fingerprint density at radius 3 is 2.39 bits per heavy atom. The van der Waals surface area contributed by atoms with E-state index in [9.17, 15) is 8.42 Å². The number of hydrogen-bond acceptors (Lipinski definition) is 5. The van der Waals surface area contributed by atoms with Gasteiger partial charge in [0.15, 0.2) is 0 Å². The average Bonchev–Trinajstić information content (AvgIpc) is 2.93. The van der Waals surface area contributed by atoms with Crippen LogP contribution in [0.5, 0.6) is 0 Å². The van der Waals surface area contributed by atoms with E-state index < -0.39 is 10.2 Å². The van der Waals surface area contributed by atoms with Crippen LogP contribution in [0.15, 0.2) is 24.4 Å². The quantitative estimate of drug-likeness (QED) is 0.809. The molecule has 0 bridgehead atoms. The number of aromatic nitrogens is 1. The molecule has 7 nitrogen and oxygen atoms in total. The molecule has 3 heterocycles. The summed E-state index contributed by atoms with van der Waals surface area (Å²) in [6.07, 6.45) is 7.86. The zero-order chi connectivity index (χ0) is 19.6. The summed E-state index contributed by atoms with van der Waals surface area (Å²) in [4.78, 5) is 4.37. The first-order chi connectivity index (χ1) is 13.6. The third-order valence-corrected chi connectivity index (χ3v) is 8.57. The number of rotatable bonds is 5. The van der Waals surface area contributed by atoms with Crippen LogP contribution in [0, 0.1) is 11.8 Å². The van der Waals surface area contributed by atoms with Crippen LogP contribution < -0.4 is 5.32 Å². The molecule has 2 aliphatic heterocycles. The summed E-state index contributed by atoms with van der Waals surface area (Å²) in [5.74, 6) is 1.59. The molecule has 1 aromatic heterocycles. The van der Waals surface area contributed by atoms with E-state index >= 15 is 0 Å². The van der Waals surface area contributed by atoms with Gasteiger partial charge in [0.25, 0.3) is 10.2 Å². The highest BCUT2D eigenvalue weighted by Crippen LogP contribution is 2.39. The summed E-state index contributed by atoms with van der Waals surface area (Å²) >= 11 is 0. The van der Waals surface area contributed by atoms with Crippen molar-refractivity contribution in [2.24, 2.45) is 11.8 Å². The first kappa shape index (κ1) is 20.1. The monoisotopic (exact) mass is 408 g/mol. The third kappa shape index (κ3) is 4.20. The lowest BCUT2D eigenvalue weighted by molar-refractivity contribution is 0.0305. The van der Waals surface area contributed by atoms with Crippen LogP contribution in [0.1, 0.15) is 38.5 Å². The predicted octanol–water partition coefficient (Wildman–Crippen LogP) is 2.34. The fourth-order valence-electron chi connectivity index (χ4n) is 5.04. The van der Waals surface area contributed by atoms with Crippen molar-refractivity contribution in [3.8, 4) is 0 Å². The van der Waals surface area contributed by atoms with Crippen molar-refractivity contribution in [2.75, 3.05) is 38.6 Å². The summed E-state index contributed by atoms with van der Waals surface area (Å²) in [5, 5.41) is 3.51. The summed E-state index contributed by atoms with van der Waals surface area (Å²) in [6.45, 7) is 2.58. The zero-order valence-electron chi connectivity index (χ0n) is 16.7. The fourth-order valence-corrected chi connectivity index (χ4v) is 6.85. The van der Waals surface area contributed by atoms with Gasteiger partial charge in [-0.25, -0.2) is 4.98 Å². The van der Waals surface area contributed by atoms with Crippen LogP contribution in [0.25, 0.3) is 0 Å². The fraction of sp³-hybridized carbons (Fsp3) is 0.750. The second-order valence-electron chi connectivity index (χ2n) is 8.37. The van der Waals surface area contributed by atoms with Crippen LogP contribution in [0.3, 0.4) is 0 Å². The summed E-state index contributed by atoms with van der Waals surface area (Å²) in [6, 6.07) is 5.98. The SMILES string of the molecule is CO[C@@H]1C[C@H]2CN(S(=O)(=O)N3CCCCCC3)C[C@H]2C[C@H]1Nc1ccccn1. The van der Waals surface area contributed by atoms with E-state index in [1.54, 1.807) is 21.9 Å². The van der Waals surface area contributed by atoms with Crippen molar-refractivity contribution < 1.29 is 13.2 Å². The lowest BCUT2D eigenvalue weighted by atomic mass is 9.77. The zero-order valence-corrected chi connectivity index (χ0v) is 17.5. The Balaban J connectivity index is 1.44. The molecule has 1 N–H and O–H groups in total. The summed E-state index contributed by atoms with van der Waals surface area (Å²) < 4.78 is 35.6. The van der Waals surface area contributed by atoms with E-state index in [0.29, 0.717) is 38.0 Å². The minimum absolute atomic E-state index is 0.0732. The molecule has 1 aliphatic carbocycles. The highest BCUT2D eigenvalue weighted by Gasteiger charge is 2.46. The molecular formula is C20H32N4O3S. The molecule has 0 aromatic carbocycles. The van der Waals surface area contributed by atoms with Gasteiger partial charge in [0.2, 0.25) is 0 Å². The number of fused-ring (bicyclic) bond motifs is 1. The molecule has 1 saturated carbocycles. The molecule has 0 amide bonds.